The van der Waals surface area contributed by atoms with E-state index >= 15 is 0 Å². The fourth-order valence-electron chi connectivity index (χ4n) is 3.07. The SMILES string of the molecule is [C-]#[N+]c1cccc(COc2ccc(-c3c[nH]c(-c4ccc(F)cc4)n3)cc2C)c1. The van der Waals surface area contributed by atoms with Crippen molar-refractivity contribution in [1.29, 1.82) is 0 Å². The summed E-state index contributed by atoms with van der Waals surface area (Å²) in [6, 6.07) is 19.6. The largest absolute Gasteiger partial charge is 0.489 e. The second kappa shape index (κ2) is 7.99. The predicted molar refractivity (Wildman–Crippen MR) is 111 cm³/mol. The second-order valence-electron chi connectivity index (χ2n) is 6.69. The zero-order chi connectivity index (χ0) is 20.2. The molecule has 142 valence electrons. The summed E-state index contributed by atoms with van der Waals surface area (Å²) in [5.74, 6) is 1.21. The van der Waals surface area contributed by atoms with Gasteiger partial charge in [0.05, 0.1) is 12.3 Å². The quantitative estimate of drug-likeness (QED) is 0.410. The minimum atomic E-state index is -0.271. The third kappa shape index (κ3) is 4.17. The third-order valence-electron chi connectivity index (χ3n) is 4.60. The smallest absolute Gasteiger partial charge is 0.187 e. The summed E-state index contributed by atoms with van der Waals surface area (Å²) < 4.78 is 19.0. The molecule has 0 aliphatic heterocycles. The van der Waals surface area contributed by atoms with E-state index in [1.165, 1.54) is 12.1 Å². The lowest BCUT2D eigenvalue weighted by Crippen LogP contribution is -1.97. The van der Waals surface area contributed by atoms with Gasteiger partial charge in [-0.3, -0.25) is 0 Å². The molecule has 4 aromatic rings. The molecule has 1 aromatic heterocycles. The first-order valence-corrected chi connectivity index (χ1v) is 9.14. The molecule has 1 heterocycles. The van der Waals surface area contributed by atoms with Crippen LogP contribution in [0.4, 0.5) is 10.1 Å². The van der Waals surface area contributed by atoms with Crippen LogP contribution in [0.3, 0.4) is 0 Å². The summed E-state index contributed by atoms with van der Waals surface area (Å²) in [4.78, 5) is 11.2. The first-order valence-electron chi connectivity index (χ1n) is 9.14. The van der Waals surface area contributed by atoms with Crippen LogP contribution in [-0.4, -0.2) is 9.97 Å². The number of ether oxygens (including phenoxy) is 1. The molecule has 29 heavy (non-hydrogen) atoms. The van der Waals surface area contributed by atoms with Crippen LogP contribution >= 0.6 is 0 Å². The molecule has 0 radical (unpaired) electrons. The highest BCUT2D eigenvalue weighted by atomic mass is 19.1. The van der Waals surface area contributed by atoms with Crippen LogP contribution in [0.2, 0.25) is 0 Å². The lowest BCUT2D eigenvalue weighted by atomic mass is 10.1. The van der Waals surface area contributed by atoms with E-state index in [2.05, 4.69) is 14.8 Å². The molecule has 0 saturated heterocycles. The lowest BCUT2D eigenvalue weighted by Gasteiger charge is -2.10. The molecule has 3 aromatic carbocycles. The lowest BCUT2D eigenvalue weighted by molar-refractivity contribution is 0.304. The maximum Gasteiger partial charge on any atom is 0.187 e. The molecule has 5 heteroatoms. The van der Waals surface area contributed by atoms with E-state index in [9.17, 15) is 4.39 Å². The molecule has 0 spiro atoms. The minimum absolute atomic E-state index is 0.271. The second-order valence-corrected chi connectivity index (χ2v) is 6.69. The summed E-state index contributed by atoms with van der Waals surface area (Å²) in [5, 5.41) is 0. The van der Waals surface area contributed by atoms with Gasteiger partial charge in [0.1, 0.15) is 24.0 Å². The van der Waals surface area contributed by atoms with Crippen LogP contribution in [0.5, 0.6) is 5.75 Å². The number of benzene rings is 3. The Hall–Kier alpha value is -3.91. The Kier molecular flexibility index (Phi) is 5.08. The van der Waals surface area contributed by atoms with Crippen molar-refractivity contribution < 1.29 is 9.13 Å². The van der Waals surface area contributed by atoms with E-state index in [1.54, 1.807) is 18.2 Å². The molecule has 0 atom stereocenters. The van der Waals surface area contributed by atoms with Crippen molar-refractivity contribution >= 4 is 5.69 Å². The minimum Gasteiger partial charge on any atom is -0.489 e. The molecular formula is C24H18FN3O. The van der Waals surface area contributed by atoms with Crippen LogP contribution in [0, 0.1) is 19.3 Å². The molecule has 1 N–H and O–H groups in total. The summed E-state index contributed by atoms with van der Waals surface area (Å²) in [7, 11) is 0. The van der Waals surface area contributed by atoms with Gasteiger partial charge in [-0.2, -0.15) is 0 Å². The van der Waals surface area contributed by atoms with Crippen molar-refractivity contribution in [2.24, 2.45) is 0 Å². The summed E-state index contributed by atoms with van der Waals surface area (Å²) in [5.41, 5.74) is 5.16. The molecule has 4 nitrogen and oxygen atoms in total. The van der Waals surface area contributed by atoms with Gasteiger partial charge in [-0.15, -0.1) is 0 Å². The number of rotatable bonds is 5. The highest BCUT2D eigenvalue weighted by Gasteiger charge is 2.09. The van der Waals surface area contributed by atoms with Crippen molar-refractivity contribution in [1.82, 2.24) is 9.97 Å². The third-order valence-corrected chi connectivity index (χ3v) is 4.60. The number of aromatic nitrogens is 2. The van der Waals surface area contributed by atoms with Crippen LogP contribution < -0.4 is 4.74 Å². The van der Waals surface area contributed by atoms with Crippen LogP contribution in [-0.2, 0) is 6.61 Å². The molecular weight excluding hydrogens is 365 g/mol. The molecule has 0 aliphatic rings. The standard InChI is InChI=1S/C24H18FN3O/c1-16-12-19(22-14-27-24(28-22)18-6-9-20(25)10-7-18)8-11-23(16)29-15-17-4-3-5-21(13-17)26-2/h3-14H,15H2,1H3,(H,27,28). The van der Waals surface area contributed by atoms with Crippen molar-refractivity contribution in [2.45, 2.75) is 13.5 Å². The molecule has 4 rings (SSSR count). The van der Waals surface area contributed by atoms with E-state index in [4.69, 9.17) is 11.3 Å². The van der Waals surface area contributed by atoms with E-state index in [0.29, 0.717) is 18.1 Å². The zero-order valence-electron chi connectivity index (χ0n) is 15.8. The Bertz CT molecular complexity index is 1190. The highest BCUT2D eigenvalue weighted by Crippen LogP contribution is 2.28. The van der Waals surface area contributed by atoms with Crippen LogP contribution in [0.1, 0.15) is 11.1 Å². The molecule has 0 saturated carbocycles. The number of H-pyrrole nitrogens is 1. The van der Waals surface area contributed by atoms with Gasteiger partial charge < -0.3 is 9.72 Å². The molecule has 0 amide bonds. The first-order chi connectivity index (χ1) is 14.1. The van der Waals surface area contributed by atoms with Crippen molar-refractivity contribution in [3.05, 3.63) is 101 Å². The Balaban J connectivity index is 1.50. The summed E-state index contributed by atoms with van der Waals surface area (Å²) >= 11 is 0. The van der Waals surface area contributed by atoms with Gasteiger partial charge in [0.2, 0.25) is 0 Å². The summed E-state index contributed by atoms with van der Waals surface area (Å²) in [6.45, 7) is 9.49. The van der Waals surface area contributed by atoms with Crippen molar-refractivity contribution in [3.63, 3.8) is 0 Å². The van der Waals surface area contributed by atoms with E-state index in [1.807, 2.05) is 49.5 Å². The molecule has 0 aliphatic carbocycles. The average Bonchev–Trinajstić information content (AvgIpc) is 3.24. The first kappa shape index (κ1) is 18.5. The Morgan fingerprint density at radius 2 is 1.83 bits per heavy atom. The number of halogens is 1. The monoisotopic (exact) mass is 383 g/mol. The van der Waals surface area contributed by atoms with Gasteiger partial charge in [-0.1, -0.05) is 18.2 Å². The van der Waals surface area contributed by atoms with Crippen LogP contribution in [0.25, 0.3) is 27.5 Å². The average molecular weight is 383 g/mol. The van der Waals surface area contributed by atoms with Gasteiger partial charge in [-0.25, -0.2) is 14.2 Å². The maximum absolute atomic E-state index is 13.1. The number of nitrogens with one attached hydrogen (secondary N) is 1. The number of hydrogen-bond acceptors (Lipinski definition) is 2. The number of nitrogens with zero attached hydrogens (tertiary/aromatic N) is 2. The highest BCUT2D eigenvalue weighted by molar-refractivity contribution is 5.66. The van der Waals surface area contributed by atoms with Crippen LogP contribution in [0.15, 0.2) is 72.9 Å². The van der Waals surface area contributed by atoms with Gasteiger partial charge in [-0.05, 0) is 66.6 Å². The number of aryl methyl sites for hydroxylation is 1. The molecule has 0 bridgehead atoms. The number of imidazole rings is 1. The van der Waals surface area contributed by atoms with Gasteiger partial charge in [0, 0.05) is 17.3 Å². The Labute approximate surface area is 168 Å². The van der Waals surface area contributed by atoms with Crippen molar-refractivity contribution in [2.75, 3.05) is 0 Å². The Morgan fingerprint density at radius 1 is 1.03 bits per heavy atom. The van der Waals surface area contributed by atoms with Gasteiger partial charge >= 0.3 is 0 Å². The van der Waals surface area contributed by atoms with Gasteiger partial charge in [0.15, 0.2) is 5.69 Å². The molecule has 0 fully saturated rings. The summed E-state index contributed by atoms with van der Waals surface area (Å²) in [6.07, 6.45) is 1.84. The predicted octanol–water partition coefficient (Wildman–Crippen LogP) is 6.32. The van der Waals surface area contributed by atoms with Gasteiger partial charge in [0.25, 0.3) is 0 Å². The Morgan fingerprint density at radius 3 is 2.59 bits per heavy atom. The van der Waals surface area contributed by atoms with Crippen molar-refractivity contribution in [3.8, 4) is 28.4 Å². The normalized spacial score (nSPS) is 10.5. The zero-order valence-corrected chi connectivity index (χ0v) is 15.8. The van der Waals surface area contributed by atoms with E-state index in [0.717, 1.165) is 33.7 Å². The number of hydrogen-bond donors (Lipinski definition) is 1. The maximum atomic E-state index is 13.1. The fraction of sp³-hybridized carbons (Fsp3) is 0.0833. The number of aromatic amines is 1. The topological polar surface area (TPSA) is 42.3 Å². The molecule has 0 unspecified atom stereocenters. The fourth-order valence-corrected chi connectivity index (χ4v) is 3.07. The van der Waals surface area contributed by atoms with E-state index < -0.39 is 0 Å². The van der Waals surface area contributed by atoms with E-state index in [-0.39, 0.29) is 5.82 Å².